The molecule has 4 aliphatic rings. The monoisotopic (exact) mass is 585 g/mol. The van der Waals surface area contributed by atoms with E-state index in [0.29, 0.717) is 18.5 Å². The zero-order valence-electron chi connectivity index (χ0n) is 25.3. The van der Waals surface area contributed by atoms with E-state index >= 15 is 0 Å². The van der Waals surface area contributed by atoms with E-state index in [9.17, 15) is 9.59 Å². The lowest BCUT2D eigenvalue weighted by Crippen LogP contribution is -2.61. The van der Waals surface area contributed by atoms with Gasteiger partial charge in [-0.2, -0.15) is 0 Å². The molecule has 2 N–H and O–H groups in total. The van der Waals surface area contributed by atoms with Gasteiger partial charge >= 0.3 is 6.03 Å². The number of hydrogen-bond donors (Lipinski definition) is 2. The van der Waals surface area contributed by atoms with Crippen molar-refractivity contribution in [3.8, 4) is 0 Å². The summed E-state index contributed by atoms with van der Waals surface area (Å²) >= 11 is 6.18. The second kappa shape index (κ2) is 14.6. The van der Waals surface area contributed by atoms with E-state index in [1.807, 2.05) is 17.0 Å². The molecule has 3 heterocycles. The third-order valence-corrected chi connectivity index (χ3v) is 10.5. The topological polar surface area (TPSA) is 67.9 Å². The standard InChI is InChI=1S/C33H52ClN5O2/c1-3-37(4-2)33(41)39(27-10-6-5-7-11-27)30-22-28-16-17-29(23-30)38(28)32(40)31(21-24-12-14-25(34)15-13-24)36-26-9-8-19-35-20-18-26/h12-15,26-31,35-36H,3-11,16-23H2,1-2H3/t26?,28?,29?,30?,31-/m1/s1. The Balaban J connectivity index is 1.34. The number of benzene rings is 1. The van der Waals surface area contributed by atoms with Crippen LogP contribution in [-0.4, -0.2) is 89.1 Å². The summed E-state index contributed by atoms with van der Waals surface area (Å²) in [6.07, 6.45) is 13.8. The smallest absolute Gasteiger partial charge is 0.320 e. The number of urea groups is 1. The number of hydrogen-bond acceptors (Lipinski definition) is 4. The van der Waals surface area contributed by atoms with Crippen LogP contribution in [-0.2, 0) is 11.2 Å². The first-order valence-electron chi connectivity index (χ1n) is 16.6. The zero-order valence-corrected chi connectivity index (χ0v) is 26.1. The van der Waals surface area contributed by atoms with Crippen LogP contribution in [0.25, 0.3) is 0 Å². The number of nitrogens with one attached hydrogen (secondary N) is 2. The molecule has 1 aromatic rings. The lowest BCUT2D eigenvalue weighted by Gasteiger charge is -2.48. The van der Waals surface area contributed by atoms with E-state index in [-0.39, 0.29) is 36.1 Å². The van der Waals surface area contributed by atoms with E-state index in [4.69, 9.17) is 11.6 Å². The normalized spacial score (nSPS) is 27.7. The lowest BCUT2D eigenvalue weighted by atomic mass is 9.89. The van der Waals surface area contributed by atoms with Gasteiger partial charge in [-0.05, 0) is 109 Å². The van der Waals surface area contributed by atoms with Crippen LogP contribution in [0.1, 0.15) is 96.5 Å². The predicted octanol–water partition coefficient (Wildman–Crippen LogP) is 5.60. The molecule has 2 bridgehead atoms. The SMILES string of the molecule is CCN(CC)C(=O)N(C1CCCCC1)C1CC2CCC(C1)N2C(=O)[C@@H](Cc1ccc(Cl)cc1)NC1CCCNCC1. The number of rotatable bonds is 9. The van der Waals surface area contributed by atoms with Crippen LogP contribution in [0.3, 0.4) is 0 Å². The van der Waals surface area contributed by atoms with E-state index in [2.05, 4.69) is 46.4 Å². The average Bonchev–Trinajstić information content (AvgIpc) is 3.13. The number of fused-ring (bicyclic) bond motifs is 2. The maximum absolute atomic E-state index is 14.4. The minimum absolute atomic E-state index is 0.215. The summed E-state index contributed by atoms with van der Waals surface area (Å²) in [7, 11) is 0. The molecule has 0 aromatic heterocycles. The van der Waals surface area contributed by atoms with E-state index in [1.54, 1.807) is 0 Å². The molecular weight excluding hydrogens is 534 g/mol. The quantitative estimate of drug-likeness (QED) is 0.396. The molecule has 3 aliphatic heterocycles. The van der Waals surface area contributed by atoms with Gasteiger partial charge in [-0.3, -0.25) is 4.79 Å². The van der Waals surface area contributed by atoms with Crippen LogP contribution >= 0.6 is 11.6 Å². The maximum Gasteiger partial charge on any atom is 0.320 e. The zero-order chi connectivity index (χ0) is 28.8. The van der Waals surface area contributed by atoms with Crippen molar-refractivity contribution in [2.45, 2.75) is 134 Å². The van der Waals surface area contributed by atoms with Gasteiger partial charge in [-0.1, -0.05) is 43.0 Å². The number of carbonyl (C=O) groups is 2. The maximum atomic E-state index is 14.4. The van der Waals surface area contributed by atoms with Crippen LogP contribution in [0, 0.1) is 0 Å². The third kappa shape index (κ3) is 7.40. The largest absolute Gasteiger partial charge is 0.335 e. The Hall–Kier alpha value is -1.83. The van der Waals surface area contributed by atoms with Crippen molar-refractivity contribution in [3.05, 3.63) is 34.9 Å². The molecule has 4 fully saturated rings. The fourth-order valence-electron chi connectivity index (χ4n) is 8.09. The molecule has 228 valence electrons. The Morgan fingerprint density at radius 2 is 1.59 bits per heavy atom. The van der Waals surface area contributed by atoms with Gasteiger partial charge in [0.2, 0.25) is 5.91 Å². The Kier molecular flexibility index (Phi) is 10.9. The highest BCUT2D eigenvalue weighted by Crippen LogP contribution is 2.40. The number of amides is 3. The summed E-state index contributed by atoms with van der Waals surface area (Å²) in [6.45, 7) is 7.71. The third-order valence-electron chi connectivity index (χ3n) is 10.2. The highest BCUT2D eigenvalue weighted by molar-refractivity contribution is 6.30. The van der Waals surface area contributed by atoms with Gasteiger partial charge in [0.05, 0.1) is 6.04 Å². The Bertz CT molecular complexity index is 974. The summed E-state index contributed by atoms with van der Waals surface area (Å²) in [5.74, 6) is 0.252. The molecule has 41 heavy (non-hydrogen) atoms. The molecule has 5 rings (SSSR count). The number of halogens is 1. The molecule has 3 saturated heterocycles. The number of piperidine rings is 1. The fourth-order valence-corrected chi connectivity index (χ4v) is 8.21. The van der Waals surface area contributed by atoms with Gasteiger partial charge in [-0.15, -0.1) is 0 Å². The molecule has 4 atom stereocenters. The van der Waals surface area contributed by atoms with Crippen molar-refractivity contribution in [1.82, 2.24) is 25.3 Å². The molecule has 7 nitrogen and oxygen atoms in total. The summed E-state index contributed by atoms with van der Waals surface area (Å²) < 4.78 is 0. The van der Waals surface area contributed by atoms with E-state index in [0.717, 1.165) is 94.6 Å². The first-order chi connectivity index (χ1) is 20.0. The first kappa shape index (κ1) is 30.6. The van der Waals surface area contributed by atoms with E-state index in [1.165, 1.54) is 19.3 Å². The van der Waals surface area contributed by atoms with Crippen LogP contribution in [0.5, 0.6) is 0 Å². The molecule has 3 amide bonds. The molecule has 0 radical (unpaired) electrons. The van der Waals surface area contributed by atoms with Crippen molar-refractivity contribution in [3.63, 3.8) is 0 Å². The number of carbonyl (C=O) groups excluding carboxylic acids is 2. The first-order valence-corrected chi connectivity index (χ1v) is 17.0. The average molecular weight is 586 g/mol. The Morgan fingerprint density at radius 1 is 0.902 bits per heavy atom. The summed E-state index contributed by atoms with van der Waals surface area (Å²) in [4.78, 5) is 34.9. The summed E-state index contributed by atoms with van der Waals surface area (Å²) in [5.41, 5.74) is 1.14. The summed E-state index contributed by atoms with van der Waals surface area (Å²) in [6, 6.07) is 9.28. The molecule has 1 saturated carbocycles. The van der Waals surface area contributed by atoms with Crippen molar-refractivity contribution in [2.75, 3.05) is 26.2 Å². The van der Waals surface area contributed by atoms with Crippen molar-refractivity contribution >= 4 is 23.5 Å². The van der Waals surface area contributed by atoms with Gasteiger partial charge in [0.1, 0.15) is 0 Å². The molecule has 1 aromatic carbocycles. The highest BCUT2D eigenvalue weighted by atomic mass is 35.5. The van der Waals surface area contributed by atoms with Crippen LogP contribution in [0.15, 0.2) is 24.3 Å². The Labute approximate surface area is 252 Å². The van der Waals surface area contributed by atoms with Gasteiger partial charge in [0.25, 0.3) is 0 Å². The van der Waals surface area contributed by atoms with Crippen LogP contribution in [0.2, 0.25) is 5.02 Å². The second-order valence-corrected chi connectivity index (χ2v) is 13.3. The van der Waals surface area contributed by atoms with Crippen LogP contribution < -0.4 is 10.6 Å². The van der Waals surface area contributed by atoms with Gasteiger partial charge < -0.3 is 25.3 Å². The molecule has 0 spiro atoms. The van der Waals surface area contributed by atoms with E-state index < -0.39 is 0 Å². The van der Waals surface area contributed by atoms with Crippen LogP contribution in [0.4, 0.5) is 4.79 Å². The van der Waals surface area contributed by atoms with Crippen molar-refractivity contribution < 1.29 is 9.59 Å². The lowest BCUT2D eigenvalue weighted by molar-refractivity contribution is -0.139. The molecular formula is C33H52ClN5O2. The molecule has 3 unspecified atom stereocenters. The van der Waals surface area contributed by atoms with Crippen molar-refractivity contribution in [1.29, 1.82) is 0 Å². The number of nitrogens with zero attached hydrogens (tertiary/aromatic N) is 3. The highest BCUT2D eigenvalue weighted by Gasteiger charge is 2.48. The predicted molar refractivity (Wildman–Crippen MR) is 166 cm³/mol. The fraction of sp³-hybridized carbons (Fsp3) is 0.758. The van der Waals surface area contributed by atoms with Crippen molar-refractivity contribution in [2.24, 2.45) is 0 Å². The minimum atomic E-state index is -0.245. The van der Waals surface area contributed by atoms with Gasteiger partial charge in [0.15, 0.2) is 0 Å². The van der Waals surface area contributed by atoms with Gasteiger partial charge in [0, 0.05) is 48.3 Å². The summed E-state index contributed by atoms with van der Waals surface area (Å²) in [5, 5.41) is 8.05. The molecule has 8 heteroatoms. The second-order valence-electron chi connectivity index (χ2n) is 12.8. The minimum Gasteiger partial charge on any atom is -0.335 e. The van der Waals surface area contributed by atoms with Gasteiger partial charge in [-0.25, -0.2) is 4.79 Å². The molecule has 1 aliphatic carbocycles. The Morgan fingerprint density at radius 3 is 2.24 bits per heavy atom.